The summed E-state index contributed by atoms with van der Waals surface area (Å²) in [5.41, 5.74) is 3.24. The number of ether oxygens (including phenoxy) is 2. The zero-order valence-electron chi connectivity index (χ0n) is 21.8. The third kappa shape index (κ3) is 7.55. The fourth-order valence-electron chi connectivity index (χ4n) is 3.43. The van der Waals surface area contributed by atoms with Crippen LogP contribution < -0.4 is 9.47 Å². The lowest BCUT2D eigenvalue weighted by Gasteiger charge is -2.06. The Hall–Kier alpha value is -2.95. The molecule has 8 nitrogen and oxygen atoms in total. The molecule has 10 heteroatoms. The van der Waals surface area contributed by atoms with Gasteiger partial charge in [0.15, 0.2) is 6.29 Å². The van der Waals surface area contributed by atoms with Gasteiger partial charge < -0.3 is 14.6 Å². The van der Waals surface area contributed by atoms with E-state index in [0.717, 1.165) is 22.0 Å². The molecular weight excluding hydrogens is 616 g/mol. The maximum Gasteiger partial charge on any atom is 0.245 e. The molecule has 0 unspecified atom stereocenters. The minimum atomic E-state index is -0.0998. The summed E-state index contributed by atoms with van der Waals surface area (Å²) in [4.78, 5) is 11.1. The average molecular weight is 648 g/mol. The number of benzene rings is 2. The summed E-state index contributed by atoms with van der Waals surface area (Å²) in [6.45, 7) is 8.77. The first-order valence-electron chi connectivity index (χ1n) is 12.2. The van der Waals surface area contributed by atoms with Crippen LogP contribution in [0.5, 0.6) is 11.8 Å². The van der Waals surface area contributed by atoms with Crippen molar-refractivity contribution in [2.45, 2.75) is 59.6 Å². The topological polar surface area (TPSA) is 91.4 Å². The SMILES string of the molecule is CC(C)n1nc(OCc2ccccc2)c(C=O)c1Br.CC(C)n1nc(OCc2ccccc2)c(CO)c1Br. The van der Waals surface area contributed by atoms with Crippen LogP contribution >= 0.6 is 31.9 Å². The molecule has 0 atom stereocenters. The predicted octanol–water partition coefficient (Wildman–Crippen LogP) is 6.92. The highest BCUT2D eigenvalue weighted by Crippen LogP contribution is 2.30. The molecule has 0 aliphatic carbocycles. The lowest BCUT2D eigenvalue weighted by Crippen LogP contribution is -2.03. The van der Waals surface area contributed by atoms with Crippen molar-refractivity contribution >= 4 is 38.1 Å². The molecule has 0 saturated heterocycles. The molecule has 0 amide bonds. The normalized spacial score (nSPS) is 10.9. The van der Waals surface area contributed by atoms with Crippen LogP contribution in [-0.4, -0.2) is 31.0 Å². The smallest absolute Gasteiger partial charge is 0.245 e. The minimum absolute atomic E-state index is 0.0998. The summed E-state index contributed by atoms with van der Waals surface area (Å²) in [5, 5.41) is 18.1. The molecule has 0 fully saturated rings. The highest BCUT2D eigenvalue weighted by molar-refractivity contribution is 9.10. The molecule has 202 valence electrons. The van der Waals surface area contributed by atoms with E-state index < -0.39 is 0 Å². The summed E-state index contributed by atoms with van der Waals surface area (Å²) in [7, 11) is 0. The van der Waals surface area contributed by atoms with E-state index in [9.17, 15) is 9.90 Å². The fourth-order valence-corrected chi connectivity index (χ4v) is 4.96. The fraction of sp³-hybridized carbons (Fsp3) is 0.321. The van der Waals surface area contributed by atoms with Crippen molar-refractivity contribution in [3.8, 4) is 11.8 Å². The highest BCUT2D eigenvalue weighted by Gasteiger charge is 2.19. The molecule has 2 aromatic heterocycles. The van der Waals surface area contributed by atoms with Gasteiger partial charge in [-0.1, -0.05) is 60.7 Å². The first-order chi connectivity index (χ1) is 18.3. The molecule has 0 radical (unpaired) electrons. The third-order valence-corrected chi connectivity index (χ3v) is 7.08. The molecule has 0 bridgehead atoms. The Balaban J connectivity index is 0.000000211. The van der Waals surface area contributed by atoms with Gasteiger partial charge in [-0.05, 0) is 70.7 Å². The largest absolute Gasteiger partial charge is 0.471 e. The maximum atomic E-state index is 11.1. The van der Waals surface area contributed by atoms with Crippen LogP contribution in [0, 0.1) is 0 Å². The van der Waals surface area contributed by atoms with Crippen LogP contribution in [0.4, 0.5) is 0 Å². The van der Waals surface area contributed by atoms with Gasteiger partial charge in [-0.15, -0.1) is 10.2 Å². The van der Waals surface area contributed by atoms with Crippen molar-refractivity contribution in [3.05, 3.63) is 92.1 Å². The van der Waals surface area contributed by atoms with Crippen molar-refractivity contribution in [1.82, 2.24) is 19.6 Å². The number of carbonyl (C=O) groups excluding carboxylic acids is 1. The summed E-state index contributed by atoms with van der Waals surface area (Å²) >= 11 is 6.83. The van der Waals surface area contributed by atoms with E-state index in [1.807, 2.05) is 88.4 Å². The molecule has 2 heterocycles. The average Bonchev–Trinajstić information content (AvgIpc) is 3.43. The molecule has 0 aliphatic rings. The number of hydrogen-bond donors (Lipinski definition) is 1. The molecular formula is C28H32Br2N4O4. The van der Waals surface area contributed by atoms with E-state index in [0.29, 0.717) is 40.7 Å². The van der Waals surface area contributed by atoms with E-state index in [1.54, 1.807) is 9.36 Å². The Morgan fingerprint density at radius 1 is 0.789 bits per heavy atom. The second kappa shape index (κ2) is 14.3. The van der Waals surface area contributed by atoms with Crippen LogP contribution in [0.25, 0.3) is 0 Å². The monoisotopic (exact) mass is 646 g/mol. The van der Waals surface area contributed by atoms with E-state index in [-0.39, 0.29) is 18.7 Å². The minimum Gasteiger partial charge on any atom is -0.471 e. The zero-order chi connectivity index (χ0) is 27.7. The molecule has 2 aromatic carbocycles. The van der Waals surface area contributed by atoms with Gasteiger partial charge in [-0.25, -0.2) is 0 Å². The van der Waals surface area contributed by atoms with Crippen LogP contribution in [0.2, 0.25) is 0 Å². The van der Waals surface area contributed by atoms with Crippen LogP contribution in [0.1, 0.15) is 66.8 Å². The molecule has 0 aliphatic heterocycles. The van der Waals surface area contributed by atoms with Gasteiger partial charge in [0.2, 0.25) is 11.8 Å². The molecule has 0 saturated carbocycles. The standard InChI is InChI=1S/C14H17BrN2O2.C14H15BrN2O2/c2*1-10(2)17-13(15)12(8-18)14(16-17)19-9-11-6-4-3-5-7-11/h3-7,10,18H,8-9H2,1-2H3;3-8,10H,9H2,1-2H3. The van der Waals surface area contributed by atoms with Crippen LogP contribution in [0.15, 0.2) is 69.9 Å². The number of aromatic nitrogens is 4. The van der Waals surface area contributed by atoms with Gasteiger partial charge in [-0.2, -0.15) is 0 Å². The van der Waals surface area contributed by atoms with E-state index in [1.165, 1.54) is 0 Å². The zero-order valence-corrected chi connectivity index (χ0v) is 25.0. The van der Waals surface area contributed by atoms with Gasteiger partial charge in [0.05, 0.1) is 12.2 Å². The maximum absolute atomic E-state index is 11.1. The van der Waals surface area contributed by atoms with E-state index in [4.69, 9.17) is 9.47 Å². The number of aliphatic hydroxyl groups is 1. The number of aldehydes is 1. The molecule has 38 heavy (non-hydrogen) atoms. The highest BCUT2D eigenvalue weighted by atomic mass is 79.9. The first kappa shape index (κ1) is 29.6. The number of carbonyl (C=O) groups is 1. The summed E-state index contributed by atoms with van der Waals surface area (Å²) in [6.07, 6.45) is 0.760. The Labute approximate surface area is 239 Å². The molecule has 1 N–H and O–H groups in total. The van der Waals surface area contributed by atoms with Gasteiger partial charge >= 0.3 is 0 Å². The lowest BCUT2D eigenvalue weighted by molar-refractivity contribution is 0.111. The van der Waals surface area contributed by atoms with Gasteiger partial charge in [0.25, 0.3) is 0 Å². The van der Waals surface area contributed by atoms with Crippen molar-refractivity contribution in [1.29, 1.82) is 0 Å². The van der Waals surface area contributed by atoms with Crippen molar-refractivity contribution < 1.29 is 19.4 Å². The van der Waals surface area contributed by atoms with Crippen LogP contribution in [-0.2, 0) is 19.8 Å². The Kier molecular flexibility index (Phi) is 11.1. The quantitative estimate of drug-likeness (QED) is 0.188. The number of aliphatic hydroxyl groups excluding tert-OH is 1. The Bertz CT molecular complexity index is 1310. The summed E-state index contributed by atoms with van der Waals surface area (Å²) in [5.74, 6) is 0.839. The second-order valence-corrected chi connectivity index (χ2v) is 10.5. The Morgan fingerprint density at radius 3 is 1.68 bits per heavy atom. The van der Waals surface area contributed by atoms with Gasteiger partial charge in [0.1, 0.15) is 28.0 Å². The molecule has 4 aromatic rings. The first-order valence-corrected chi connectivity index (χ1v) is 13.8. The van der Waals surface area contributed by atoms with Gasteiger partial charge in [-0.3, -0.25) is 14.2 Å². The second-order valence-electron chi connectivity index (χ2n) is 8.99. The lowest BCUT2D eigenvalue weighted by atomic mass is 10.2. The molecule has 0 spiro atoms. The third-order valence-electron chi connectivity index (χ3n) is 5.45. The van der Waals surface area contributed by atoms with Crippen molar-refractivity contribution in [3.63, 3.8) is 0 Å². The number of rotatable bonds is 10. The number of halogens is 2. The van der Waals surface area contributed by atoms with E-state index in [2.05, 4.69) is 42.1 Å². The van der Waals surface area contributed by atoms with Crippen LogP contribution in [0.3, 0.4) is 0 Å². The predicted molar refractivity (Wildman–Crippen MR) is 153 cm³/mol. The van der Waals surface area contributed by atoms with E-state index >= 15 is 0 Å². The number of hydrogen-bond acceptors (Lipinski definition) is 6. The van der Waals surface area contributed by atoms with Gasteiger partial charge in [0, 0.05) is 12.1 Å². The van der Waals surface area contributed by atoms with Crippen molar-refractivity contribution in [2.24, 2.45) is 0 Å². The Morgan fingerprint density at radius 2 is 1.24 bits per heavy atom. The molecule has 4 rings (SSSR count). The van der Waals surface area contributed by atoms with Crippen molar-refractivity contribution in [2.75, 3.05) is 0 Å². The summed E-state index contributed by atoms with van der Waals surface area (Å²) in [6, 6.07) is 20.0. The summed E-state index contributed by atoms with van der Waals surface area (Å²) < 4.78 is 16.3. The number of nitrogens with zero attached hydrogens (tertiary/aromatic N) is 4.